The van der Waals surface area contributed by atoms with Gasteiger partial charge in [-0.1, -0.05) is 17.7 Å². The zero-order valence-electron chi connectivity index (χ0n) is 9.46. The van der Waals surface area contributed by atoms with Crippen LogP contribution < -0.4 is 5.56 Å². The van der Waals surface area contributed by atoms with Crippen LogP contribution in [0, 0.1) is 0 Å². The molecular formula is C12H9ClN2O3. The molecule has 0 atom stereocenters. The molecule has 2 heterocycles. The van der Waals surface area contributed by atoms with Gasteiger partial charge in [-0.05, 0) is 18.2 Å². The summed E-state index contributed by atoms with van der Waals surface area (Å²) in [5.41, 5.74) is 0.249. The molecule has 18 heavy (non-hydrogen) atoms. The number of halogens is 1. The minimum atomic E-state index is -0.566. The smallest absolute Gasteiger partial charge is 0.330 e. The van der Waals surface area contributed by atoms with Gasteiger partial charge in [-0.15, -0.1) is 0 Å². The molecular weight excluding hydrogens is 256 g/mol. The minimum absolute atomic E-state index is 0.0475. The highest BCUT2D eigenvalue weighted by Crippen LogP contribution is 2.12. The second kappa shape index (κ2) is 5.01. The first-order chi connectivity index (χ1) is 8.63. The summed E-state index contributed by atoms with van der Waals surface area (Å²) >= 11 is 5.91. The lowest BCUT2D eigenvalue weighted by Gasteiger charge is -2.02. The van der Waals surface area contributed by atoms with Crippen LogP contribution in [-0.4, -0.2) is 22.5 Å². The van der Waals surface area contributed by atoms with Gasteiger partial charge in [-0.2, -0.15) is 0 Å². The number of hydrogen-bond acceptors (Lipinski definition) is 4. The molecule has 0 unspecified atom stereocenters. The monoisotopic (exact) mass is 264 g/mol. The molecule has 6 heteroatoms. The first kappa shape index (κ1) is 12.3. The highest BCUT2D eigenvalue weighted by molar-refractivity contribution is 6.31. The Bertz CT molecular complexity index is 691. The summed E-state index contributed by atoms with van der Waals surface area (Å²) in [6.45, 7) is 0. The Morgan fingerprint density at radius 3 is 3.00 bits per heavy atom. The number of esters is 1. The molecule has 0 saturated carbocycles. The number of fused-ring (bicyclic) bond motifs is 1. The summed E-state index contributed by atoms with van der Waals surface area (Å²) in [7, 11) is 1.25. The van der Waals surface area contributed by atoms with E-state index in [2.05, 4.69) is 9.72 Å². The summed E-state index contributed by atoms with van der Waals surface area (Å²) in [5, 5.41) is 0.0475. The topological polar surface area (TPSA) is 60.7 Å². The number of rotatable bonds is 2. The van der Waals surface area contributed by atoms with Crippen LogP contribution in [0.2, 0.25) is 5.15 Å². The van der Waals surface area contributed by atoms with Gasteiger partial charge in [-0.25, -0.2) is 9.78 Å². The highest BCUT2D eigenvalue weighted by atomic mass is 35.5. The molecule has 0 saturated heterocycles. The van der Waals surface area contributed by atoms with Gasteiger partial charge in [0.1, 0.15) is 10.8 Å². The molecule has 0 spiro atoms. The van der Waals surface area contributed by atoms with E-state index in [1.165, 1.54) is 17.6 Å². The lowest BCUT2D eigenvalue weighted by molar-refractivity contribution is -0.134. The number of carbonyl (C=O) groups is 1. The molecule has 2 aromatic rings. The van der Waals surface area contributed by atoms with Crippen molar-refractivity contribution >= 4 is 29.3 Å². The van der Waals surface area contributed by atoms with Gasteiger partial charge in [-0.3, -0.25) is 9.20 Å². The van der Waals surface area contributed by atoms with Crippen molar-refractivity contribution in [2.75, 3.05) is 7.11 Å². The molecule has 0 aromatic carbocycles. The van der Waals surface area contributed by atoms with Crippen molar-refractivity contribution in [2.24, 2.45) is 0 Å². The average molecular weight is 265 g/mol. The molecule has 2 aromatic heterocycles. The normalized spacial score (nSPS) is 11.0. The molecule has 0 bridgehead atoms. The largest absolute Gasteiger partial charge is 0.466 e. The van der Waals surface area contributed by atoms with Gasteiger partial charge in [0.15, 0.2) is 0 Å². The minimum Gasteiger partial charge on any atom is -0.466 e. The number of carbonyl (C=O) groups excluding carboxylic acids is 1. The van der Waals surface area contributed by atoms with E-state index in [9.17, 15) is 9.59 Å². The number of ether oxygens (including phenoxy) is 1. The Morgan fingerprint density at radius 2 is 2.28 bits per heavy atom. The van der Waals surface area contributed by atoms with Gasteiger partial charge in [0.2, 0.25) is 0 Å². The van der Waals surface area contributed by atoms with Crippen molar-refractivity contribution in [3.05, 3.63) is 51.5 Å². The summed E-state index contributed by atoms with van der Waals surface area (Å²) in [5.74, 6) is -0.566. The Kier molecular flexibility index (Phi) is 3.43. The number of pyridine rings is 1. The van der Waals surface area contributed by atoms with Crippen LogP contribution in [0.4, 0.5) is 0 Å². The molecule has 92 valence electrons. The third-order valence-corrected chi connectivity index (χ3v) is 2.60. The van der Waals surface area contributed by atoms with Crippen molar-refractivity contribution in [1.82, 2.24) is 9.38 Å². The first-order valence-corrected chi connectivity index (χ1v) is 5.44. The predicted octanol–water partition coefficient (Wildman–Crippen LogP) is 1.53. The fraction of sp³-hybridized carbons (Fsp3) is 0.0833. The molecule has 0 amide bonds. The highest BCUT2D eigenvalue weighted by Gasteiger charge is 2.08. The van der Waals surface area contributed by atoms with Crippen LogP contribution in [-0.2, 0) is 9.53 Å². The van der Waals surface area contributed by atoms with Crippen LogP contribution in [0.1, 0.15) is 5.56 Å². The lowest BCUT2D eigenvalue weighted by Crippen LogP contribution is -2.17. The van der Waals surface area contributed by atoms with Crippen molar-refractivity contribution in [3.8, 4) is 0 Å². The molecule has 0 aliphatic carbocycles. The van der Waals surface area contributed by atoms with Crippen LogP contribution in [0.3, 0.4) is 0 Å². The number of aromatic nitrogens is 2. The molecule has 2 rings (SSSR count). The fourth-order valence-electron chi connectivity index (χ4n) is 1.44. The Balaban J connectivity index is 2.61. The third-order valence-electron chi connectivity index (χ3n) is 2.31. The average Bonchev–Trinajstić information content (AvgIpc) is 2.38. The maximum absolute atomic E-state index is 12.1. The van der Waals surface area contributed by atoms with E-state index in [-0.39, 0.29) is 16.3 Å². The van der Waals surface area contributed by atoms with E-state index in [1.807, 2.05) is 0 Å². The van der Waals surface area contributed by atoms with Crippen LogP contribution >= 0.6 is 11.6 Å². The Hall–Kier alpha value is -2.14. The van der Waals surface area contributed by atoms with Gasteiger partial charge < -0.3 is 4.74 Å². The standard InChI is InChI=1S/C12H9ClN2O3/c1-18-10(16)6-5-8-11(13)14-9-4-2-3-7-15(9)12(8)17/h2-7H,1H3/b6-5+. The van der Waals surface area contributed by atoms with Gasteiger partial charge in [0.25, 0.3) is 5.56 Å². The van der Waals surface area contributed by atoms with E-state index >= 15 is 0 Å². The molecule has 5 nitrogen and oxygen atoms in total. The second-order valence-electron chi connectivity index (χ2n) is 3.41. The molecule has 0 fully saturated rings. The zero-order valence-corrected chi connectivity index (χ0v) is 10.2. The number of methoxy groups -OCH3 is 1. The number of nitrogens with zero attached hydrogens (tertiary/aromatic N) is 2. The SMILES string of the molecule is COC(=O)/C=C/c1c(Cl)nc2ccccn2c1=O. The van der Waals surface area contributed by atoms with Crippen molar-refractivity contribution < 1.29 is 9.53 Å². The van der Waals surface area contributed by atoms with Crippen LogP contribution in [0.5, 0.6) is 0 Å². The summed E-state index contributed by atoms with van der Waals surface area (Å²) < 4.78 is 5.79. The summed E-state index contributed by atoms with van der Waals surface area (Å²) in [4.78, 5) is 27.1. The first-order valence-electron chi connectivity index (χ1n) is 5.06. The fourth-order valence-corrected chi connectivity index (χ4v) is 1.67. The number of hydrogen-bond donors (Lipinski definition) is 0. The van der Waals surface area contributed by atoms with E-state index in [1.54, 1.807) is 24.4 Å². The molecule has 0 N–H and O–H groups in total. The van der Waals surface area contributed by atoms with E-state index in [0.29, 0.717) is 5.65 Å². The van der Waals surface area contributed by atoms with Crippen LogP contribution in [0.15, 0.2) is 35.3 Å². The van der Waals surface area contributed by atoms with Gasteiger partial charge in [0, 0.05) is 12.3 Å². The molecule has 0 aliphatic heterocycles. The maximum Gasteiger partial charge on any atom is 0.330 e. The molecule has 0 aliphatic rings. The second-order valence-corrected chi connectivity index (χ2v) is 3.76. The lowest BCUT2D eigenvalue weighted by atomic mass is 10.3. The quantitative estimate of drug-likeness (QED) is 0.469. The molecule has 0 radical (unpaired) electrons. The van der Waals surface area contributed by atoms with Crippen molar-refractivity contribution in [2.45, 2.75) is 0 Å². The Labute approximate surface area is 107 Å². The van der Waals surface area contributed by atoms with Crippen molar-refractivity contribution in [1.29, 1.82) is 0 Å². The van der Waals surface area contributed by atoms with E-state index in [0.717, 1.165) is 6.08 Å². The zero-order chi connectivity index (χ0) is 13.1. The third kappa shape index (κ3) is 2.26. The van der Waals surface area contributed by atoms with Gasteiger partial charge >= 0.3 is 5.97 Å². The van der Waals surface area contributed by atoms with Crippen molar-refractivity contribution in [3.63, 3.8) is 0 Å². The van der Waals surface area contributed by atoms with Crippen LogP contribution in [0.25, 0.3) is 11.7 Å². The summed E-state index contributed by atoms with van der Waals surface area (Å²) in [6, 6.07) is 5.13. The maximum atomic E-state index is 12.1. The Morgan fingerprint density at radius 1 is 1.50 bits per heavy atom. The van der Waals surface area contributed by atoms with E-state index < -0.39 is 5.97 Å². The summed E-state index contributed by atoms with van der Waals surface area (Å²) in [6.07, 6.45) is 4.00. The van der Waals surface area contributed by atoms with Gasteiger partial charge in [0.05, 0.1) is 12.7 Å². The predicted molar refractivity (Wildman–Crippen MR) is 67.5 cm³/mol. The van der Waals surface area contributed by atoms with E-state index in [4.69, 9.17) is 11.6 Å².